The van der Waals surface area contributed by atoms with Crippen LogP contribution in [0.2, 0.25) is 0 Å². The van der Waals surface area contributed by atoms with Crippen molar-refractivity contribution in [3.05, 3.63) is 16.3 Å². The lowest BCUT2D eigenvalue weighted by molar-refractivity contribution is -0.0114. The summed E-state index contributed by atoms with van der Waals surface area (Å²) in [6, 6.07) is 1.57. The molecule has 0 radical (unpaired) electrons. The molecule has 100 valence electrons. The first kappa shape index (κ1) is 12.6. The third kappa shape index (κ3) is 2.00. The number of fused-ring (bicyclic) bond motifs is 2. The molecule has 1 N–H and O–H groups in total. The highest BCUT2D eigenvalue weighted by Crippen LogP contribution is 2.32. The highest BCUT2D eigenvalue weighted by Gasteiger charge is 2.40. The highest BCUT2D eigenvalue weighted by atomic mass is 32.2. The van der Waals surface area contributed by atoms with Gasteiger partial charge in [0.15, 0.2) is 0 Å². The standard InChI is InChI=1S/C11H15NO4S2/c13-7-10-11(3-4-17-10)18(14,15)12-5-8-1-2-9(6-12)16-8/h3-4,8-9,13H,1-2,5-7H2. The van der Waals surface area contributed by atoms with Crippen LogP contribution in [0.5, 0.6) is 0 Å². The molecule has 5 nitrogen and oxygen atoms in total. The van der Waals surface area contributed by atoms with Gasteiger partial charge >= 0.3 is 0 Å². The van der Waals surface area contributed by atoms with E-state index >= 15 is 0 Å². The number of rotatable bonds is 3. The number of hydrogen-bond donors (Lipinski definition) is 1. The van der Waals surface area contributed by atoms with Gasteiger partial charge in [-0.3, -0.25) is 0 Å². The molecule has 0 amide bonds. The van der Waals surface area contributed by atoms with Crippen molar-refractivity contribution in [3.63, 3.8) is 0 Å². The van der Waals surface area contributed by atoms with Gasteiger partial charge in [0.05, 0.1) is 23.7 Å². The van der Waals surface area contributed by atoms with Crippen LogP contribution < -0.4 is 0 Å². The van der Waals surface area contributed by atoms with Gasteiger partial charge in [0.1, 0.15) is 0 Å². The smallest absolute Gasteiger partial charge is 0.244 e. The molecule has 2 bridgehead atoms. The zero-order valence-electron chi connectivity index (χ0n) is 9.78. The molecule has 3 rings (SSSR count). The van der Waals surface area contributed by atoms with Crippen LogP contribution in [0.25, 0.3) is 0 Å². The molecule has 1 aromatic rings. The zero-order chi connectivity index (χ0) is 12.8. The molecule has 1 aromatic heterocycles. The number of hydrogen-bond acceptors (Lipinski definition) is 5. The molecule has 0 aromatic carbocycles. The van der Waals surface area contributed by atoms with E-state index < -0.39 is 10.0 Å². The van der Waals surface area contributed by atoms with Gasteiger partial charge in [-0.25, -0.2) is 8.42 Å². The Bertz CT molecular complexity index is 527. The highest BCUT2D eigenvalue weighted by molar-refractivity contribution is 7.89. The first-order valence-corrected chi connectivity index (χ1v) is 8.26. The molecule has 3 heterocycles. The molecule has 2 aliphatic heterocycles. The van der Waals surface area contributed by atoms with E-state index in [2.05, 4.69) is 0 Å². The summed E-state index contributed by atoms with van der Waals surface area (Å²) in [5.41, 5.74) is 0. The second-order valence-electron chi connectivity index (χ2n) is 4.65. The van der Waals surface area contributed by atoms with Crippen molar-refractivity contribution in [1.29, 1.82) is 0 Å². The van der Waals surface area contributed by atoms with Crippen LogP contribution in [0.15, 0.2) is 16.3 Å². The third-order valence-electron chi connectivity index (χ3n) is 3.48. The summed E-state index contributed by atoms with van der Waals surface area (Å²) in [5, 5.41) is 10.9. The maximum absolute atomic E-state index is 12.5. The van der Waals surface area contributed by atoms with Crippen molar-refractivity contribution in [2.75, 3.05) is 13.1 Å². The summed E-state index contributed by atoms with van der Waals surface area (Å²) in [4.78, 5) is 0.755. The Morgan fingerprint density at radius 3 is 2.67 bits per heavy atom. The van der Waals surface area contributed by atoms with Crippen molar-refractivity contribution < 1.29 is 18.3 Å². The number of ether oxygens (including phenoxy) is 1. The number of aliphatic hydroxyl groups is 1. The largest absolute Gasteiger partial charge is 0.391 e. The van der Waals surface area contributed by atoms with Gasteiger partial charge in [-0.2, -0.15) is 4.31 Å². The summed E-state index contributed by atoms with van der Waals surface area (Å²) in [6.07, 6.45) is 1.95. The monoisotopic (exact) mass is 289 g/mol. The lowest BCUT2D eigenvalue weighted by atomic mass is 10.2. The van der Waals surface area contributed by atoms with Gasteiger partial charge in [0, 0.05) is 18.0 Å². The van der Waals surface area contributed by atoms with E-state index in [1.165, 1.54) is 15.6 Å². The second kappa shape index (κ2) is 4.57. The van der Waals surface area contributed by atoms with E-state index in [4.69, 9.17) is 4.74 Å². The minimum absolute atomic E-state index is 0.0368. The minimum Gasteiger partial charge on any atom is -0.391 e. The average molecular weight is 289 g/mol. The van der Waals surface area contributed by atoms with E-state index in [0.717, 1.165) is 12.8 Å². The van der Waals surface area contributed by atoms with E-state index in [1.54, 1.807) is 11.4 Å². The van der Waals surface area contributed by atoms with Crippen LogP contribution in [0, 0.1) is 0 Å². The molecular formula is C11H15NO4S2. The number of nitrogens with zero attached hydrogens (tertiary/aromatic N) is 1. The zero-order valence-corrected chi connectivity index (χ0v) is 11.4. The lowest BCUT2D eigenvalue weighted by Gasteiger charge is -2.31. The van der Waals surface area contributed by atoms with E-state index in [9.17, 15) is 13.5 Å². The number of thiophene rings is 1. The van der Waals surface area contributed by atoms with Gasteiger partial charge < -0.3 is 9.84 Å². The fraction of sp³-hybridized carbons (Fsp3) is 0.636. The Morgan fingerprint density at radius 2 is 2.06 bits per heavy atom. The summed E-state index contributed by atoms with van der Waals surface area (Å²) in [7, 11) is -3.48. The van der Waals surface area contributed by atoms with Gasteiger partial charge in [-0.15, -0.1) is 11.3 Å². The van der Waals surface area contributed by atoms with E-state index in [-0.39, 0.29) is 23.7 Å². The Labute approximate surface area is 110 Å². The molecule has 7 heteroatoms. The van der Waals surface area contributed by atoms with Gasteiger partial charge in [-0.05, 0) is 24.3 Å². The Kier molecular flexibility index (Phi) is 3.19. The van der Waals surface area contributed by atoms with Gasteiger partial charge in [-0.1, -0.05) is 0 Å². The molecular weight excluding hydrogens is 274 g/mol. The molecule has 2 saturated heterocycles. The van der Waals surface area contributed by atoms with Crippen LogP contribution in [0.3, 0.4) is 0 Å². The Hall–Kier alpha value is -0.470. The summed E-state index contributed by atoms with van der Waals surface area (Å²) >= 11 is 1.27. The fourth-order valence-corrected chi connectivity index (χ4v) is 5.36. The lowest BCUT2D eigenvalue weighted by Crippen LogP contribution is -2.45. The molecule has 2 fully saturated rings. The van der Waals surface area contributed by atoms with Crippen molar-refractivity contribution in [3.8, 4) is 0 Å². The minimum atomic E-state index is -3.48. The van der Waals surface area contributed by atoms with Crippen molar-refractivity contribution >= 4 is 21.4 Å². The predicted octanol–water partition coefficient (Wildman–Crippen LogP) is 0.792. The first-order valence-electron chi connectivity index (χ1n) is 5.94. The summed E-state index contributed by atoms with van der Waals surface area (Å²) in [6.45, 7) is 0.628. The number of morpholine rings is 1. The maximum atomic E-state index is 12.5. The quantitative estimate of drug-likeness (QED) is 0.893. The molecule has 0 spiro atoms. The van der Waals surface area contributed by atoms with Crippen molar-refractivity contribution in [2.45, 2.75) is 36.6 Å². The molecule has 0 aliphatic carbocycles. The molecule has 18 heavy (non-hydrogen) atoms. The fourth-order valence-electron chi connectivity index (χ4n) is 2.59. The van der Waals surface area contributed by atoms with E-state index in [0.29, 0.717) is 18.0 Å². The van der Waals surface area contributed by atoms with Crippen LogP contribution in [0.4, 0.5) is 0 Å². The van der Waals surface area contributed by atoms with Crippen molar-refractivity contribution in [2.24, 2.45) is 0 Å². The third-order valence-corrected chi connectivity index (χ3v) is 6.43. The number of sulfonamides is 1. The molecule has 2 atom stereocenters. The molecule has 2 unspecified atom stereocenters. The Balaban J connectivity index is 1.91. The van der Waals surface area contributed by atoms with Crippen LogP contribution in [0.1, 0.15) is 17.7 Å². The molecule has 2 aliphatic rings. The van der Waals surface area contributed by atoms with Gasteiger partial charge in [0.25, 0.3) is 0 Å². The summed E-state index contributed by atoms with van der Waals surface area (Å²) in [5.74, 6) is 0. The first-order chi connectivity index (χ1) is 8.61. The van der Waals surface area contributed by atoms with Crippen LogP contribution in [-0.4, -0.2) is 43.1 Å². The predicted molar refractivity (Wildman–Crippen MR) is 66.9 cm³/mol. The molecule has 0 saturated carbocycles. The second-order valence-corrected chi connectivity index (χ2v) is 7.55. The normalized spacial score (nSPS) is 28.7. The maximum Gasteiger partial charge on any atom is 0.244 e. The average Bonchev–Trinajstić information content (AvgIpc) is 2.96. The topological polar surface area (TPSA) is 66.8 Å². The Morgan fingerprint density at radius 1 is 1.39 bits per heavy atom. The number of aliphatic hydroxyl groups excluding tert-OH is 1. The van der Waals surface area contributed by atoms with Gasteiger partial charge in [0.2, 0.25) is 10.0 Å². The van der Waals surface area contributed by atoms with Crippen molar-refractivity contribution in [1.82, 2.24) is 4.31 Å². The van der Waals surface area contributed by atoms with Crippen LogP contribution in [-0.2, 0) is 21.4 Å². The SMILES string of the molecule is O=S(=O)(c1ccsc1CO)N1CC2CCC(C1)O2. The van der Waals surface area contributed by atoms with E-state index in [1.807, 2.05) is 0 Å². The summed E-state index contributed by atoms with van der Waals surface area (Å²) < 4.78 is 32.2. The van der Waals surface area contributed by atoms with Crippen LogP contribution >= 0.6 is 11.3 Å².